The number of unbranched alkanes of at least 4 members (excludes halogenated alkanes) is 6. The Bertz CT molecular complexity index is 108. The third-order valence-corrected chi connectivity index (χ3v) is 2.15. The summed E-state index contributed by atoms with van der Waals surface area (Å²) in [5.74, 6) is 0. The molecule has 0 saturated heterocycles. The Morgan fingerprint density at radius 2 is 1.46 bits per heavy atom. The zero-order chi connectivity index (χ0) is 9.78. The van der Waals surface area contributed by atoms with Crippen molar-refractivity contribution in [3.8, 4) is 0 Å². The first-order valence-corrected chi connectivity index (χ1v) is 5.67. The molecule has 0 heterocycles. The number of hydrogen-bond donors (Lipinski definition) is 1. The Morgan fingerprint density at radius 1 is 0.846 bits per heavy atom. The molecule has 0 saturated carbocycles. The van der Waals surface area contributed by atoms with Crippen LogP contribution in [-0.4, -0.2) is 11.7 Å². The van der Waals surface area contributed by atoms with Crippen molar-refractivity contribution in [2.45, 2.75) is 58.3 Å². The normalized spacial score (nSPS) is 11.2. The highest BCUT2D eigenvalue weighted by molar-refractivity contribution is 4.80. The molecule has 0 aromatic rings. The van der Waals surface area contributed by atoms with Crippen LogP contribution in [0.15, 0.2) is 12.2 Å². The fraction of sp³-hybridized carbons (Fsp3) is 0.833. The van der Waals surface area contributed by atoms with Gasteiger partial charge in [-0.25, -0.2) is 0 Å². The minimum atomic E-state index is 0.358. The van der Waals surface area contributed by atoms with E-state index in [-0.39, 0.29) is 0 Å². The van der Waals surface area contributed by atoms with E-state index in [0.29, 0.717) is 6.61 Å². The van der Waals surface area contributed by atoms with Gasteiger partial charge in [-0.3, -0.25) is 0 Å². The van der Waals surface area contributed by atoms with Gasteiger partial charge in [-0.15, -0.1) is 0 Å². The van der Waals surface area contributed by atoms with Crippen LogP contribution in [0.25, 0.3) is 0 Å². The lowest BCUT2D eigenvalue weighted by atomic mass is 10.1. The third-order valence-electron chi connectivity index (χ3n) is 2.15. The van der Waals surface area contributed by atoms with Gasteiger partial charge in [0.2, 0.25) is 0 Å². The molecule has 0 atom stereocenters. The predicted octanol–water partition coefficient (Wildman–Crippen LogP) is 3.68. The van der Waals surface area contributed by atoms with Crippen LogP contribution in [0.1, 0.15) is 58.3 Å². The topological polar surface area (TPSA) is 20.2 Å². The number of rotatable bonds is 9. The highest BCUT2D eigenvalue weighted by Gasteiger charge is 1.87. The van der Waals surface area contributed by atoms with Crippen molar-refractivity contribution < 1.29 is 5.11 Å². The summed E-state index contributed by atoms with van der Waals surface area (Å²) in [4.78, 5) is 0. The molecule has 0 bridgehead atoms. The molecule has 0 amide bonds. The van der Waals surface area contributed by atoms with Gasteiger partial charge in [0.05, 0.1) is 0 Å². The van der Waals surface area contributed by atoms with Crippen LogP contribution in [0.5, 0.6) is 0 Å². The van der Waals surface area contributed by atoms with Crippen molar-refractivity contribution >= 4 is 0 Å². The molecular formula is C12H24O. The Balaban J connectivity index is 2.91. The largest absolute Gasteiger partial charge is 0.396 e. The third kappa shape index (κ3) is 11.7. The van der Waals surface area contributed by atoms with Gasteiger partial charge in [0, 0.05) is 6.61 Å². The number of aliphatic hydroxyl groups excluding tert-OH is 1. The molecule has 1 nitrogen and oxygen atoms in total. The van der Waals surface area contributed by atoms with Crippen LogP contribution in [0.3, 0.4) is 0 Å². The summed E-state index contributed by atoms with van der Waals surface area (Å²) >= 11 is 0. The molecular weight excluding hydrogens is 160 g/mol. The molecule has 0 aromatic heterocycles. The molecule has 0 unspecified atom stereocenters. The standard InChI is InChI=1S/C12H24O/c1-2-3-4-5-6-7-8-9-10-11-12-13/h4-5,13H,2-3,6-12H2,1H3/b5-4-. The zero-order valence-electron chi connectivity index (χ0n) is 8.97. The van der Waals surface area contributed by atoms with Crippen LogP contribution in [0, 0.1) is 0 Å². The van der Waals surface area contributed by atoms with Gasteiger partial charge < -0.3 is 5.11 Å². The Labute approximate surface area is 82.9 Å². The highest BCUT2D eigenvalue weighted by Crippen LogP contribution is 2.05. The fourth-order valence-corrected chi connectivity index (χ4v) is 1.31. The quantitative estimate of drug-likeness (QED) is 0.428. The van der Waals surface area contributed by atoms with Gasteiger partial charge in [0.25, 0.3) is 0 Å². The molecule has 0 fully saturated rings. The predicted molar refractivity (Wildman–Crippen MR) is 58.8 cm³/mol. The van der Waals surface area contributed by atoms with E-state index in [1.54, 1.807) is 0 Å². The van der Waals surface area contributed by atoms with E-state index in [1.165, 1.54) is 44.9 Å². The summed E-state index contributed by atoms with van der Waals surface area (Å²) < 4.78 is 0. The summed E-state index contributed by atoms with van der Waals surface area (Å²) in [6, 6.07) is 0. The number of hydrogen-bond acceptors (Lipinski definition) is 1. The summed E-state index contributed by atoms with van der Waals surface area (Å²) in [7, 11) is 0. The van der Waals surface area contributed by atoms with E-state index in [1.807, 2.05) is 0 Å². The first-order valence-electron chi connectivity index (χ1n) is 5.67. The zero-order valence-corrected chi connectivity index (χ0v) is 8.97. The smallest absolute Gasteiger partial charge is 0.0431 e. The molecule has 0 aliphatic heterocycles. The van der Waals surface area contributed by atoms with Crippen molar-refractivity contribution in [2.75, 3.05) is 6.61 Å². The molecule has 0 aliphatic carbocycles. The van der Waals surface area contributed by atoms with Gasteiger partial charge in [-0.1, -0.05) is 44.8 Å². The molecule has 13 heavy (non-hydrogen) atoms. The van der Waals surface area contributed by atoms with Gasteiger partial charge >= 0.3 is 0 Å². The number of allylic oxidation sites excluding steroid dienone is 2. The second-order valence-electron chi connectivity index (χ2n) is 3.54. The number of aliphatic hydroxyl groups is 1. The minimum absolute atomic E-state index is 0.358. The molecule has 0 aliphatic rings. The maximum absolute atomic E-state index is 8.55. The van der Waals surface area contributed by atoms with Crippen molar-refractivity contribution in [1.29, 1.82) is 0 Å². The molecule has 1 N–H and O–H groups in total. The SMILES string of the molecule is CCC/C=C\CCCCCCCO. The van der Waals surface area contributed by atoms with Crippen molar-refractivity contribution in [2.24, 2.45) is 0 Å². The van der Waals surface area contributed by atoms with Crippen LogP contribution < -0.4 is 0 Å². The Morgan fingerprint density at radius 3 is 2.15 bits per heavy atom. The van der Waals surface area contributed by atoms with Crippen LogP contribution in [0.2, 0.25) is 0 Å². The second-order valence-corrected chi connectivity index (χ2v) is 3.54. The molecule has 78 valence electrons. The van der Waals surface area contributed by atoms with Gasteiger partial charge in [-0.05, 0) is 25.7 Å². The monoisotopic (exact) mass is 184 g/mol. The van der Waals surface area contributed by atoms with Gasteiger partial charge in [-0.2, -0.15) is 0 Å². The van der Waals surface area contributed by atoms with Crippen LogP contribution in [0.4, 0.5) is 0 Å². The molecule has 0 aromatic carbocycles. The Hall–Kier alpha value is -0.300. The van der Waals surface area contributed by atoms with E-state index < -0.39 is 0 Å². The lowest BCUT2D eigenvalue weighted by Crippen LogP contribution is -1.83. The molecule has 0 rings (SSSR count). The van der Waals surface area contributed by atoms with E-state index >= 15 is 0 Å². The molecule has 0 spiro atoms. The summed E-state index contributed by atoms with van der Waals surface area (Å²) in [5, 5.41) is 8.55. The average molecular weight is 184 g/mol. The fourth-order valence-electron chi connectivity index (χ4n) is 1.31. The summed E-state index contributed by atoms with van der Waals surface area (Å²) in [6.07, 6.45) is 14.4. The minimum Gasteiger partial charge on any atom is -0.396 e. The molecule has 1 heteroatoms. The highest BCUT2D eigenvalue weighted by atomic mass is 16.2. The Kier molecular flexibility index (Phi) is 11.4. The van der Waals surface area contributed by atoms with E-state index in [4.69, 9.17) is 5.11 Å². The van der Waals surface area contributed by atoms with E-state index in [2.05, 4.69) is 19.1 Å². The van der Waals surface area contributed by atoms with Crippen LogP contribution in [-0.2, 0) is 0 Å². The van der Waals surface area contributed by atoms with E-state index in [0.717, 1.165) is 6.42 Å². The maximum Gasteiger partial charge on any atom is 0.0431 e. The van der Waals surface area contributed by atoms with Gasteiger partial charge in [0.1, 0.15) is 0 Å². The lowest BCUT2D eigenvalue weighted by Gasteiger charge is -1.97. The summed E-state index contributed by atoms with van der Waals surface area (Å²) in [6.45, 7) is 2.57. The first-order chi connectivity index (χ1) is 6.41. The van der Waals surface area contributed by atoms with Crippen LogP contribution >= 0.6 is 0 Å². The summed E-state index contributed by atoms with van der Waals surface area (Å²) in [5.41, 5.74) is 0. The second kappa shape index (κ2) is 11.7. The average Bonchev–Trinajstić information content (AvgIpc) is 2.16. The lowest BCUT2D eigenvalue weighted by molar-refractivity contribution is 0.282. The maximum atomic E-state index is 8.55. The van der Waals surface area contributed by atoms with Crippen molar-refractivity contribution in [3.05, 3.63) is 12.2 Å². The van der Waals surface area contributed by atoms with E-state index in [9.17, 15) is 0 Å². The van der Waals surface area contributed by atoms with Crippen molar-refractivity contribution in [1.82, 2.24) is 0 Å². The van der Waals surface area contributed by atoms with Gasteiger partial charge in [0.15, 0.2) is 0 Å². The first kappa shape index (κ1) is 12.7. The van der Waals surface area contributed by atoms with Crippen molar-refractivity contribution in [3.63, 3.8) is 0 Å². The molecule has 0 radical (unpaired) electrons.